The van der Waals surface area contributed by atoms with Crippen LogP contribution in [0.25, 0.3) is 0 Å². The molecule has 15 heavy (non-hydrogen) atoms. The first kappa shape index (κ1) is 12.2. The van der Waals surface area contributed by atoms with E-state index in [1.54, 1.807) is 0 Å². The highest BCUT2D eigenvalue weighted by atomic mass is 14.9. The Hall–Kier alpha value is -0.890. The van der Waals surface area contributed by atoms with Crippen LogP contribution in [0.4, 0.5) is 0 Å². The Morgan fingerprint density at radius 2 is 1.80 bits per heavy atom. The summed E-state index contributed by atoms with van der Waals surface area (Å²) >= 11 is 0. The molecule has 2 atom stereocenters. The third kappa shape index (κ3) is 3.63. The number of nitrogens with one attached hydrogen (secondary N) is 1. The Bertz CT molecular complexity index is 269. The van der Waals surface area contributed by atoms with E-state index in [-0.39, 0.29) is 0 Å². The van der Waals surface area contributed by atoms with Gasteiger partial charge in [0.1, 0.15) is 0 Å². The Balaban J connectivity index is 2.65. The van der Waals surface area contributed by atoms with Crippen molar-refractivity contribution in [3.8, 4) is 0 Å². The number of aromatic nitrogens is 1. The van der Waals surface area contributed by atoms with Crippen LogP contribution in [-0.4, -0.2) is 11.0 Å². The second-order valence-electron chi connectivity index (χ2n) is 4.44. The van der Waals surface area contributed by atoms with Gasteiger partial charge >= 0.3 is 0 Å². The average molecular weight is 206 g/mol. The molecule has 0 aliphatic heterocycles. The SMILES string of the molecule is CCC(NC(C)C(C)C)c1ccncc1. The van der Waals surface area contributed by atoms with Crippen LogP contribution < -0.4 is 5.32 Å². The summed E-state index contributed by atoms with van der Waals surface area (Å²) in [5.41, 5.74) is 1.33. The van der Waals surface area contributed by atoms with Crippen LogP contribution in [0.5, 0.6) is 0 Å². The van der Waals surface area contributed by atoms with Crippen LogP contribution in [0.3, 0.4) is 0 Å². The minimum Gasteiger partial charge on any atom is -0.307 e. The average Bonchev–Trinajstić information content (AvgIpc) is 2.26. The largest absolute Gasteiger partial charge is 0.307 e. The van der Waals surface area contributed by atoms with E-state index in [0.717, 1.165) is 6.42 Å². The fraction of sp³-hybridized carbons (Fsp3) is 0.615. The van der Waals surface area contributed by atoms with Gasteiger partial charge in [0, 0.05) is 24.5 Å². The molecule has 2 unspecified atom stereocenters. The lowest BCUT2D eigenvalue weighted by molar-refractivity contribution is 0.370. The highest BCUT2D eigenvalue weighted by Crippen LogP contribution is 2.17. The summed E-state index contributed by atoms with van der Waals surface area (Å²) in [6, 6.07) is 5.18. The van der Waals surface area contributed by atoms with Gasteiger partial charge in [-0.15, -0.1) is 0 Å². The highest BCUT2D eigenvalue weighted by molar-refractivity contribution is 5.14. The van der Waals surface area contributed by atoms with Crippen LogP contribution in [0.2, 0.25) is 0 Å². The zero-order chi connectivity index (χ0) is 11.3. The summed E-state index contributed by atoms with van der Waals surface area (Å²) in [7, 11) is 0. The Kier molecular flexibility index (Phi) is 4.76. The third-order valence-corrected chi connectivity index (χ3v) is 2.98. The Morgan fingerprint density at radius 1 is 1.20 bits per heavy atom. The predicted molar refractivity (Wildman–Crippen MR) is 64.7 cm³/mol. The van der Waals surface area contributed by atoms with Gasteiger partial charge in [-0.05, 0) is 37.0 Å². The minimum atomic E-state index is 0.449. The number of pyridine rings is 1. The number of hydrogen-bond donors (Lipinski definition) is 1. The van der Waals surface area contributed by atoms with Gasteiger partial charge in [-0.3, -0.25) is 4.98 Å². The number of hydrogen-bond acceptors (Lipinski definition) is 2. The molecule has 2 nitrogen and oxygen atoms in total. The first-order valence-electron chi connectivity index (χ1n) is 5.81. The van der Waals surface area contributed by atoms with Gasteiger partial charge in [0.15, 0.2) is 0 Å². The smallest absolute Gasteiger partial charge is 0.0321 e. The molecule has 0 aliphatic carbocycles. The molecular formula is C13H22N2. The van der Waals surface area contributed by atoms with Crippen LogP contribution in [0.15, 0.2) is 24.5 Å². The van der Waals surface area contributed by atoms with Crippen molar-refractivity contribution in [3.63, 3.8) is 0 Å². The number of nitrogens with zero attached hydrogens (tertiary/aromatic N) is 1. The highest BCUT2D eigenvalue weighted by Gasteiger charge is 2.14. The molecule has 1 aromatic heterocycles. The summed E-state index contributed by atoms with van der Waals surface area (Å²) in [6.45, 7) is 8.95. The zero-order valence-corrected chi connectivity index (χ0v) is 10.2. The van der Waals surface area contributed by atoms with Gasteiger partial charge in [0.2, 0.25) is 0 Å². The normalized spacial score (nSPS) is 15.3. The molecule has 1 N–H and O–H groups in total. The van der Waals surface area contributed by atoms with Crippen molar-refractivity contribution in [1.82, 2.24) is 10.3 Å². The molecule has 1 heterocycles. The summed E-state index contributed by atoms with van der Waals surface area (Å²) < 4.78 is 0. The summed E-state index contributed by atoms with van der Waals surface area (Å²) in [5.74, 6) is 0.667. The van der Waals surface area contributed by atoms with Crippen molar-refractivity contribution >= 4 is 0 Å². The van der Waals surface area contributed by atoms with Gasteiger partial charge in [0.25, 0.3) is 0 Å². The summed E-state index contributed by atoms with van der Waals surface area (Å²) in [5, 5.41) is 3.65. The maximum atomic E-state index is 4.05. The molecule has 0 aliphatic rings. The predicted octanol–water partition coefficient (Wildman–Crippen LogP) is 3.17. The van der Waals surface area contributed by atoms with Crippen molar-refractivity contribution in [2.24, 2.45) is 5.92 Å². The monoisotopic (exact) mass is 206 g/mol. The van der Waals surface area contributed by atoms with Crippen LogP contribution in [0.1, 0.15) is 45.7 Å². The molecule has 0 aromatic carbocycles. The molecule has 1 aromatic rings. The van der Waals surface area contributed by atoms with Crippen LogP contribution in [0, 0.1) is 5.92 Å². The van der Waals surface area contributed by atoms with E-state index in [9.17, 15) is 0 Å². The standard InChI is InChI=1S/C13H22N2/c1-5-13(15-11(4)10(2)3)12-6-8-14-9-7-12/h6-11,13,15H,5H2,1-4H3. The molecular weight excluding hydrogens is 184 g/mol. The second kappa shape index (κ2) is 5.86. The molecule has 0 bridgehead atoms. The lowest BCUT2D eigenvalue weighted by atomic mass is 10.0. The van der Waals surface area contributed by atoms with Gasteiger partial charge in [-0.1, -0.05) is 20.8 Å². The molecule has 0 saturated carbocycles. The van der Waals surface area contributed by atoms with E-state index in [2.05, 4.69) is 50.1 Å². The fourth-order valence-electron chi connectivity index (χ4n) is 1.56. The van der Waals surface area contributed by atoms with Crippen molar-refractivity contribution < 1.29 is 0 Å². The molecule has 1 rings (SSSR count). The van der Waals surface area contributed by atoms with Crippen LogP contribution in [-0.2, 0) is 0 Å². The van der Waals surface area contributed by atoms with Gasteiger partial charge < -0.3 is 5.32 Å². The van der Waals surface area contributed by atoms with E-state index in [1.807, 2.05) is 12.4 Å². The van der Waals surface area contributed by atoms with E-state index in [0.29, 0.717) is 18.0 Å². The van der Waals surface area contributed by atoms with Crippen molar-refractivity contribution in [2.45, 2.75) is 46.2 Å². The second-order valence-corrected chi connectivity index (χ2v) is 4.44. The third-order valence-electron chi connectivity index (χ3n) is 2.98. The number of rotatable bonds is 5. The Labute approximate surface area is 93.1 Å². The first-order chi connectivity index (χ1) is 7.15. The van der Waals surface area contributed by atoms with E-state index < -0.39 is 0 Å². The van der Waals surface area contributed by atoms with Gasteiger partial charge in [0.05, 0.1) is 0 Å². The zero-order valence-electron chi connectivity index (χ0n) is 10.2. The Morgan fingerprint density at radius 3 is 2.27 bits per heavy atom. The van der Waals surface area contributed by atoms with E-state index >= 15 is 0 Å². The van der Waals surface area contributed by atoms with Crippen molar-refractivity contribution in [1.29, 1.82) is 0 Å². The maximum absolute atomic E-state index is 4.05. The molecule has 0 spiro atoms. The van der Waals surface area contributed by atoms with Gasteiger partial charge in [-0.2, -0.15) is 0 Å². The fourth-order valence-corrected chi connectivity index (χ4v) is 1.56. The quantitative estimate of drug-likeness (QED) is 0.800. The minimum absolute atomic E-state index is 0.449. The van der Waals surface area contributed by atoms with Gasteiger partial charge in [-0.25, -0.2) is 0 Å². The first-order valence-corrected chi connectivity index (χ1v) is 5.81. The topological polar surface area (TPSA) is 24.9 Å². The molecule has 0 amide bonds. The molecule has 0 fully saturated rings. The molecule has 84 valence electrons. The van der Waals surface area contributed by atoms with Crippen molar-refractivity contribution in [2.75, 3.05) is 0 Å². The molecule has 2 heteroatoms. The maximum Gasteiger partial charge on any atom is 0.0321 e. The van der Waals surface area contributed by atoms with Crippen LogP contribution >= 0.6 is 0 Å². The van der Waals surface area contributed by atoms with Crippen molar-refractivity contribution in [3.05, 3.63) is 30.1 Å². The lowest BCUT2D eigenvalue weighted by Crippen LogP contribution is -2.34. The lowest BCUT2D eigenvalue weighted by Gasteiger charge is -2.25. The molecule has 0 radical (unpaired) electrons. The van der Waals surface area contributed by atoms with E-state index in [4.69, 9.17) is 0 Å². The summed E-state index contributed by atoms with van der Waals surface area (Å²) in [4.78, 5) is 4.05. The summed E-state index contributed by atoms with van der Waals surface area (Å²) in [6.07, 6.45) is 4.83. The van der Waals surface area contributed by atoms with E-state index in [1.165, 1.54) is 5.56 Å². The molecule has 0 saturated heterocycles.